The van der Waals surface area contributed by atoms with Crippen LogP contribution in [0.3, 0.4) is 0 Å². The van der Waals surface area contributed by atoms with E-state index in [4.69, 9.17) is 10.00 Å². The Morgan fingerprint density at radius 1 is 1.42 bits per heavy atom. The van der Waals surface area contributed by atoms with Crippen LogP contribution in [0.2, 0.25) is 0 Å². The maximum absolute atomic E-state index is 9.87. The lowest BCUT2D eigenvalue weighted by Gasteiger charge is -2.28. The Bertz CT molecular complexity index is 458. The molecule has 0 aliphatic rings. The summed E-state index contributed by atoms with van der Waals surface area (Å²) in [6, 6.07) is 7.68. The van der Waals surface area contributed by atoms with Gasteiger partial charge < -0.3 is 9.84 Å². The average molecular weight is 262 g/mol. The van der Waals surface area contributed by atoms with E-state index in [1.54, 1.807) is 27.0 Å². The largest absolute Gasteiger partial charge is 0.495 e. The molecule has 0 atom stereocenters. The van der Waals surface area contributed by atoms with E-state index in [-0.39, 0.29) is 0 Å². The van der Waals surface area contributed by atoms with Crippen molar-refractivity contribution in [1.82, 2.24) is 4.90 Å². The molecule has 1 N–H and O–H groups in total. The molecular weight excluding hydrogens is 240 g/mol. The van der Waals surface area contributed by atoms with Gasteiger partial charge in [-0.15, -0.1) is 0 Å². The van der Waals surface area contributed by atoms with E-state index in [0.717, 1.165) is 18.7 Å². The predicted molar refractivity (Wildman–Crippen MR) is 75.0 cm³/mol. The second-order valence-corrected chi connectivity index (χ2v) is 5.26. The van der Waals surface area contributed by atoms with Crippen LogP contribution in [0.5, 0.6) is 5.75 Å². The summed E-state index contributed by atoms with van der Waals surface area (Å²) in [5.41, 5.74) is 0.894. The van der Waals surface area contributed by atoms with Gasteiger partial charge in [0.1, 0.15) is 11.8 Å². The topological polar surface area (TPSA) is 56.5 Å². The first kappa shape index (κ1) is 15.5. The molecule has 1 aromatic carbocycles. The van der Waals surface area contributed by atoms with Gasteiger partial charge in [0.25, 0.3) is 0 Å². The summed E-state index contributed by atoms with van der Waals surface area (Å²) in [4.78, 5) is 2.15. The smallest absolute Gasteiger partial charge is 0.136 e. The minimum Gasteiger partial charge on any atom is -0.495 e. The van der Waals surface area contributed by atoms with Crippen molar-refractivity contribution in [3.05, 3.63) is 29.3 Å². The van der Waals surface area contributed by atoms with Crippen LogP contribution in [0.15, 0.2) is 18.2 Å². The van der Waals surface area contributed by atoms with Crippen molar-refractivity contribution in [2.24, 2.45) is 0 Å². The fourth-order valence-corrected chi connectivity index (χ4v) is 2.01. The van der Waals surface area contributed by atoms with Gasteiger partial charge in [0, 0.05) is 13.1 Å². The molecule has 1 aromatic rings. The number of likely N-dealkylation sites (N-methyl/N-ethyl adjacent to an activating group) is 1. The van der Waals surface area contributed by atoms with E-state index in [2.05, 4.69) is 17.9 Å². The Morgan fingerprint density at radius 3 is 2.58 bits per heavy atom. The highest BCUT2D eigenvalue weighted by atomic mass is 16.5. The molecule has 0 bridgehead atoms. The molecule has 0 heterocycles. The highest BCUT2D eigenvalue weighted by Crippen LogP contribution is 2.20. The standard InChI is InChI=1S/C15H22N2O2/c1-5-17(11-15(2,3)18)10-12-6-7-13(9-16)14(8-12)19-4/h6-8,18H,5,10-11H2,1-4H3. The van der Waals surface area contributed by atoms with Crippen LogP contribution in [0.1, 0.15) is 31.9 Å². The van der Waals surface area contributed by atoms with Crippen molar-refractivity contribution < 1.29 is 9.84 Å². The van der Waals surface area contributed by atoms with Gasteiger partial charge >= 0.3 is 0 Å². The zero-order chi connectivity index (χ0) is 14.5. The quantitative estimate of drug-likeness (QED) is 0.853. The third kappa shape index (κ3) is 4.90. The van der Waals surface area contributed by atoms with Gasteiger partial charge in [-0.2, -0.15) is 5.26 Å². The predicted octanol–water partition coefficient (Wildman–Crippen LogP) is 2.16. The zero-order valence-corrected chi connectivity index (χ0v) is 12.1. The van der Waals surface area contributed by atoms with Crippen LogP contribution >= 0.6 is 0 Å². The molecule has 0 unspecified atom stereocenters. The number of nitrogens with zero attached hydrogens (tertiary/aromatic N) is 2. The number of ether oxygens (including phenoxy) is 1. The first-order valence-electron chi connectivity index (χ1n) is 6.41. The highest BCUT2D eigenvalue weighted by Gasteiger charge is 2.17. The summed E-state index contributed by atoms with van der Waals surface area (Å²) >= 11 is 0. The van der Waals surface area contributed by atoms with Crippen molar-refractivity contribution in [3.8, 4) is 11.8 Å². The van der Waals surface area contributed by atoms with Gasteiger partial charge in [-0.25, -0.2) is 0 Å². The summed E-state index contributed by atoms with van der Waals surface area (Å²) in [5, 5.41) is 18.8. The molecule has 0 aromatic heterocycles. The number of benzene rings is 1. The third-order valence-corrected chi connectivity index (χ3v) is 2.85. The minimum atomic E-state index is -0.716. The summed E-state index contributed by atoms with van der Waals surface area (Å²) in [5.74, 6) is 0.597. The first-order chi connectivity index (χ1) is 8.89. The number of methoxy groups -OCH3 is 1. The number of nitriles is 1. The van der Waals surface area contributed by atoms with Crippen LogP contribution in [0.4, 0.5) is 0 Å². The summed E-state index contributed by atoms with van der Waals surface area (Å²) in [7, 11) is 1.56. The second kappa shape index (κ2) is 6.55. The Balaban J connectivity index is 2.84. The number of aliphatic hydroxyl groups is 1. The monoisotopic (exact) mass is 262 g/mol. The Labute approximate surface area is 115 Å². The Hall–Kier alpha value is -1.57. The second-order valence-electron chi connectivity index (χ2n) is 5.26. The van der Waals surface area contributed by atoms with E-state index in [1.165, 1.54) is 0 Å². The fourth-order valence-electron chi connectivity index (χ4n) is 2.01. The van der Waals surface area contributed by atoms with E-state index < -0.39 is 5.60 Å². The summed E-state index contributed by atoms with van der Waals surface area (Å²) < 4.78 is 5.20. The molecule has 19 heavy (non-hydrogen) atoms. The fraction of sp³-hybridized carbons (Fsp3) is 0.533. The van der Waals surface area contributed by atoms with Crippen molar-refractivity contribution in [3.63, 3.8) is 0 Å². The first-order valence-corrected chi connectivity index (χ1v) is 6.41. The van der Waals surface area contributed by atoms with E-state index in [0.29, 0.717) is 17.9 Å². The maximum atomic E-state index is 9.87. The Morgan fingerprint density at radius 2 is 2.11 bits per heavy atom. The lowest BCUT2D eigenvalue weighted by molar-refractivity contribution is 0.0353. The molecule has 0 aliphatic carbocycles. The van der Waals surface area contributed by atoms with Crippen LogP contribution in [0.25, 0.3) is 0 Å². The number of hydrogen-bond donors (Lipinski definition) is 1. The summed E-state index contributed by atoms with van der Waals surface area (Å²) in [6.07, 6.45) is 0. The van der Waals surface area contributed by atoms with Crippen LogP contribution in [-0.2, 0) is 6.54 Å². The number of hydrogen-bond acceptors (Lipinski definition) is 4. The number of rotatable bonds is 6. The average Bonchev–Trinajstić information content (AvgIpc) is 2.36. The maximum Gasteiger partial charge on any atom is 0.136 e. The molecule has 0 fully saturated rings. The van der Waals surface area contributed by atoms with Crippen molar-refractivity contribution in [1.29, 1.82) is 5.26 Å². The minimum absolute atomic E-state index is 0.539. The molecule has 0 amide bonds. The van der Waals surface area contributed by atoms with E-state index in [1.807, 2.05) is 12.1 Å². The van der Waals surface area contributed by atoms with Crippen molar-refractivity contribution in [2.45, 2.75) is 32.9 Å². The van der Waals surface area contributed by atoms with E-state index in [9.17, 15) is 5.11 Å². The van der Waals surface area contributed by atoms with E-state index >= 15 is 0 Å². The molecule has 4 heteroatoms. The third-order valence-electron chi connectivity index (χ3n) is 2.85. The SMILES string of the molecule is CCN(Cc1ccc(C#N)c(OC)c1)CC(C)(C)O. The molecule has 0 saturated carbocycles. The van der Waals surface area contributed by atoms with Crippen molar-refractivity contribution >= 4 is 0 Å². The van der Waals surface area contributed by atoms with Gasteiger partial charge in [-0.05, 0) is 38.1 Å². The Kier molecular flexibility index (Phi) is 5.34. The van der Waals surface area contributed by atoms with Gasteiger partial charge in [0.05, 0.1) is 18.3 Å². The van der Waals surface area contributed by atoms with Gasteiger partial charge in [0.2, 0.25) is 0 Å². The molecule has 4 nitrogen and oxygen atoms in total. The molecule has 0 spiro atoms. The molecule has 0 aliphatic heterocycles. The lowest BCUT2D eigenvalue weighted by Crippen LogP contribution is -2.38. The highest BCUT2D eigenvalue weighted by molar-refractivity contribution is 5.45. The molecular formula is C15H22N2O2. The molecule has 0 saturated heterocycles. The summed E-state index contributed by atoms with van der Waals surface area (Å²) in [6.45, 7) is 7.84. The lowest BCUT2D eigenvalue weighted by atomic mass is 10.1. The molecule has 104 valence electrons. The normalized spacial score (nSPS) is 11.4. The van der Waals surface area contributed by atoms with Crippen molar-refractivity contribution in [2.75, 3.05) is 20.2 Å². The van der Waals surface area contributed by atoms with Crippen LogP contribution < -0.4 is 4.74 Å². The van der Waals surface area contributed by atoms with Gasteiger partial charge in [-0.3, -0.25) is 4.90 Å². The molecule has 0 radical (unpaired) electrons. The van der Waals surface area contributed by atoms with Crippen LogP contribution in [0, 0.1) is 11.3 Å². The zero-order valence-electron chi connectivity index (χ0n) is 12.1. The van der Waals surface area contributed by atoms with Gasteiger partial charge in [0.15, 0.2) is 0 Å². The van der Waals surface area contributed by atoms with Crippen LogP contribution in [-0.4, -0.2) is 35.8 Å². The molecule has 1 rings (SSSR count). The van der Waals surface area contributed by atoms with Gasteiger partial charge in [-0.1, -0.05) is 13.0 Å².